The average molecular weight is 420 g/mol. The number of rotatable bonds is 6. The summed E-state index contributed by atoms with van der Waals surface area (Å²) in [5, 5.41) is 17.3. The second-order valence-electron chi connectivity index (χ2n) is 6.46. The Kier molecular flexibility index (Phi) is 6.46. The van der Waals surface area contributed by atoms with Crippen molar-refractivity contribution in [3.05, 3.63) is 105 Å². The number of hydrogen-bond donors (Lipinski definition) is 2. The molecule has 0 heterocycles. The van der Waals surface area contributed by atoms with Crippen LogP contribution in [0.4, 0.5) is 15.8 Å². The van der Waals surface area contributed by atoms with Gasteiger partial charge in [-0.25, -0.2) is 9.82 Å². The number of nitrogens with one attached hydrogen (secondary N) is 2. The Balaban J connectivity index is 1.68. The lowest BCUT2D eigenvalue weighted by Crippen LogP contribution is -2.20. The van der Waals surface area contributed by atoms with E-state index in [9.17, 15) is 24.1 Å². The van der Waals surface area contributed by atoms with Crippen molar-refractivity contribution in [2.75, 3.05) is 5.32 Å². The van der Waals surface area contributed by atoms with Gasteiger partial charge in [-0.1, -0.05) is 18.2 Å². The van der Waals surface area contributed by atoms with Gasteiger partial charge in [0.1, 0.15) is 5.82 Å². The van der Waals surface area contributed by atoms with E-state index in [4.69, 9.17) is 0 Å². The maximum Gasteiger partial charge on any atom is 0.271 e. The Morgan fingerprint density at radius 2 is 1.65 bits per heavy atom. The smallest absolute Gasteiger partial charge is 0.271 e. The highest BCUT2D eigenvalue weighted by Gasteiger charge is 2.12. The Morgan fingerprint density at radius 3 is 2.32 bits per heavy atom. The number of benzene rings is 3. The minimum Gasteiger partial charge on any atom is -0.322 e. The van der Waals surface area contributed by atoms with Gasteiger partial charge in [-0.3, -0.25) is 19.7 Å². The van der Waals surface area contributed by atoms with Crippen molar-refractivity contribution in [3.63, 3.8) is 0 Å². The molecule has 0 atom stereocenters. The van der Waals surface area contributed by atoms with Crippen molar-refractivity contribution >= 4 is 28.9 Å². The van der Waals surface area contributed by atoms with E-state index in [0.717, 1.165) is 0 Å². The van der Waals surface area contributed by atoms with E-state index in [1.165, 1.54) is 54.6 Å². The number of hydrogen-bond acceptors (Lipinski definition) is 5. The molecule has 2 N–H and O–H groups in total. The van der Waals surface area contributed by atoms with Crippen LogP contribution in [-0.4, -0.2) is 22.4 Å². The maximum atomic E-state index is 13.8. The van der Waals surface area contributed by atoms with Crippen LogP contribution in [0.3, 0.4) is 0 Å². The van der Waals surface area contributed by atoms with E-state index in [1.807, 2.05) is 0 Å². The molecule has 0 saturated carbocycles. The molecule has 0 aromatic heterocycles. The largest absolute Gasteiger partial charge is 0.322 e. The SMILES string of the molecule is CC(=NNC(=O)c1cccc(NC(=O)c2ccccc2F)c1)c1ccc([N+](=O)[O-])cc1. The average Bonchev–Trinajstić information content (AvgIpc) is 2.77. The summed E-state index contributed by atoms with van der Waals surface area (Å²) in [7, 11) is 0. The molecule has 31 heavy (non-hydrogen) atoms. The fourth-order valence-corrected chi connectivity index (χ4v) is 2.67. The van der Waals surface area contributed by atoms with Gasteiger partial charge in [0.25, 0.3) is 17.5 Å². The standard InChI is InChI=1S/C22H17FN4O4/c1-14(15-9-11-18(12-10-15)27(30)31)25-26-21(28)16-5-4-6-17(13-16)24-22(29)19-7-2-3-8-20(19)23/h2-13H,1H3,(H,24,29)(H,26,28). The van der Waals surface area contributed by atoms with E-state index in [0.29, 0.717) is 17.0 Å². The molecule has 0 unspecified atom stereocenters. The fraction of sp³-hybridized carbons (Fsp3) is 0.0455. The van der Waals surface area contributed by atoms with E-state index >= 15 is 0 Å². The molecule has 0 fully saturated rings. The molecule has 9 heteroatoms. The third kappa shape index (κ3) is 5.36. The number of halogens is 1. The summed E-state index contributed by atoms with van der Waals surface area (Å²) >= 11 is 0. The third-order valence-electron chi connectivity index (χ3n) is 4.32. The number of non-ortho nitro benzene ring substituents is 1. The number of nitrogens with zero attached hydrogens (tertiary/aromatic N) is 2. The van der Waals surface area contributed by atoms with Crippen molar-refractivity contribution in [2.24, 2.45) is 5.10 Å². The van der Waals surface area contributed by atoms with Gasteiger partial charge >= 0.3 is 0 Å². The number of hydrazone groups is 1. The molecule has 3 aromatic rings. The molecule has 3 aromatic carbocycles. The first-order valence-electron chi connectivity index (χ1n) is 9.10. The van der Waals surface area contributed by atoms with Crippen LogP contribution in [0.2, 0.25) is 0 Å². The number of carbonyl (C=O) groups excluding carboxylic acids is 2. The summed E-state index contributed by atoms with van der Waals surface area (Å²) in [5.41, 5.74) is 3.85. The van der Waals surface area contributed by atoms with Crippen molar-refractivity contribution in [2.45, 2.75) is 6.92 Å². The minimum absolute atomic E-state index is 0.0465. The summed E-state index contributed by atoms with van der Waals surface area (Å²) in [5.74, 6) is -1.81. The normalized spacial score (nSPS) is 11.0. The number of carbonyl (C=O) groups is 2. The van der Waals surface area contributed by atoms with Crippen LogP contribution in [0.15, 0.2) is 77.9 Å². The molecular formula is C22H17FN4O4. The molecule has 0 aliphatic carbocycles. The molecular weight excluding hydrogens is 403 g/mol. The molecule has 0 aliphatic heterocycles. The van der Waals surface area contributed by atoms with Crippen molar-refractivity contribution in [1.82, 2.24) is 5.43 Å². The number of nitro groups is 1. The monoisotopic (exact) mass is 420 g/mol. The topological polar surface area (TPSA) is 114 Å². The molecule has 8 nitrogen and oxygen atoms in total. The molecule has 0 aliphatic rings. The van der Waals surface area contributed by atoms with E-state index in [-0.39, 0.29) is 16.8 Å². The first-order valence-corrected chi connectivity index (χ1v) is 9.10. The fourth-order valence-electron chi connectivity index (χ4n) is 2.67. The van der Waals surface area contributed by atoms with E-state index in [2.05, 4.69) is 15.8 Å². The summed E-state index contributed by atoms with van der Waals surface area (Å²) in [6, 6.07) is 17.4. The lowest BCUT2D eigenvalue weighted by atomic mass is 10.1. The Labute approximate surface area is 176 Å². The van der Waals surface area contributed by atoms with Crippen LogP contribution < -0.4 is 10.7 Å². The second kappa shape index (κ2) is 9.40. The van der Waals surface area contributed by atoms with Crippen LogP contribution in [-0.2, 0) is 0 Å². The molecule has 3 rings (SSSR count). The van der Waals surface area contributed by atoms with Gasteiger partial charge in [-0.05, 0) is 55.0 Å². The molecule has 0 radical (unpaired) electrons. The second-order valence-corrected chi connectivity index (χ2v) is 6.46. The predicted molar refractivity (Wildman–Crippen MR) is 114 cm³/mol. The molecule has 156 valence electrons. The summed E-state index contributed by atoms with van der Waals surface area (Å²) < 4.78 is 13.8. The van der Waals surface area contributed by atoms with E-state index in [1.54, 1.807) is 25.1 Å². The van der Waals surface area contributed by atoms with Gasteiger partial charge in [0.05, 0.1) is 16.2 Å². The summed E-state index contributed by atoms with van der Waals surface area (Å²) in [6.45, 7) is 1.65. The zero-order chi connectivity index (χ0) is 22.4. The van der Waals surface area contributed by atoms with Gasteiger partial charge in [-0.2, -0.15) is 5.10 Å². The molecule has 0 spiro atoms. The van der Waals surface area contributed by atoms with Gasteiger partial charge in [0.15, 0.2) is 0 Å². The van der Waals surface area contributed by atoms with E-state index < -0.39 is 22.6 Å². The highest BCUT2D eigenvalue weighted by Crippen LogP contribution is 2.15. The van der Waals surface area contributed by atoms with Crippen LogP contribution in [0.1, 0.15) is 33.2 Å². The molecule has 2 amide bonds. The first kappa shape index (κ1) is 21.3. The van der Waals surface area contributed by atoms with Gasteiger partial charge < -0.3 is 5.32 Å². The van der Waals surface area contributed by atoms with Crippen molar-refractivity contribution < 1.29 is 18.9 Å². The quantitative estimate of drug-likeness (QED) is 0.354. The number of amides is 2. The third-order valence-corrected chi connectivity index (χ3v) is 4.32. The lowest BCUT2D eigenvalue weighted by Gasteiger charge is -2.08. The van der Waals surface area contributed by atoms with Crippen LogP contribution in [0.25, 0.3) is 0 Å². The Bertz CT molecular complexity index is 1180. The van der Waals surface area contributed by atoms with Crippen LogP contribution >= 0.6 is 0 Å². The van der Waals surface area contributed by atoms with Gasteiger partial charge in [0, 0.05) is 23.4 Å². The maximum absolute atomic E-state index is 13.8. The predicted octanol–water partition coefficient (Wildman–Crippen LogP) is 4.14. The van der Waals surface area contributed by atoms with Crippen molar-refractivity contribution in [1.29, 1.82) is 0 Å². The van der Waals surface area contributed by atoms with Crippen LogP contribution in [0.5, 0.6) is 0 Å². The van der Waals surface area contributed by atoms with Crippen LogP contribution in [0, 0.1) is 15.9 Å². The molecule has 0 saturated heterocycles. The highest BCUT2D eigenvalue weighted by atomic mass is 19.1. The van der Waals surface area contributed by atoms with Gasteiger partial charge in [0.2, 0.25) is 0 Å². The zero-order valence-electron chi connectivity index (χ0n) is 16.3. The zero-order valence-corrected chi connectivity index (χ0v) is 16.3. The summed E-state index contributed by atoms with van der Waals surface area (Å²) in [6.07, 6.45) is 0. The molecule has 0 bridgehead atoms. The first-order chi connectivity index (χ1) is 14.8. The van der Waals surface area contributed by atoms with Crippen molar-refractivity contribution in [3.8, 4) is 0 Å². The highest BCUT2D eigenvalue weighted by molar-refractivity contribution is 6.05. The van der Waals surface area contributed by atoms with Gasteiger partial charge in [-0.15, -0.1) is 0 Å². The number of nitro benzene ring substituents is 1. The minimum atomic E-state index is -0.648. The summed E-state index contributed by atoms with van der Waals surface area (Å²) in [4.78, 5) is 34.9. The Hall–Kier alpha value is -4.40. The Morgan fingerprint density at radius 1 is 0.935 bits per heavy atom. The lowest BCUT2D eigenvalue weighted by molar-refractivity contribution is -0.384. The number of anilines is 1.